The maximum atomic E-state index is 12.0. The summed E-state index contributed by atoms with van der Waals surface area (Å²) in [5.74, 6) is 1.32. The molecule has 0 aliphatic carbocycles. The number of aryl methyl sites for hydroxylation is 1. The lowest BCUT2D eigenvalue weighted by atomic mass is 10.1. The molecule has 2 aromatic rings. The van der Waals surface area contributed by atoms with Crippen LogP contribution in [0.2, 0.25) is 0 Å². The van der Waals surface area contributed by atoms with Crippen LogP contribution in [-0.2, 0) is 6.42 Å². The first-order valence-electron chi connectivity index (χ1n) is 9.02. The van der Waals surface area contributed by atoms with E-state index in [1.165, 1.54) is 31.2 Å². The highest BCUT2D eigenvalue weighted by molar-refractivity contribution is 5.86. The van der Waals surface area contributed by atoms with Gasteiger partial charge in [-0.05, 0) is 61.7 Å². The van der Waals surface area contributed by atoms with Gasteiger partial charge in [0.25, 0.3) is 0 Å². The van der Waals surface area contributed by atoms with E-state index < -0.39 is 6.09 Å². The van der Waals surface area contributed by atoms with Crippen molar-refractivity contribution in [2.75, 3.05) is 11.9 Å². The van der Waals surface area contributed by atoms with Crippen molar-refractivity contribution < 1.29 is 14.3 Å². The highest BCUT2D eigenvalue weighted by Gasteiger charge is 2.05. The van der Waals surface area contributed by atoms with Gasteiger partial charge in [-0.3, -0.25) is 5.32 Å². The van der Waals surface area contributed by atoms with Gasteiger partial charge in [0.15, 0.2) is 0 Å². The van der Waals surface area contributed by atoms with Gasteiger partial charge in [-0.25, -0.2) is 4.79 Å². The van der Waals surface area contributed by atoms with Gasteiger partial charge in [-0.15, -0.1) is 0 Å². The number of hydrogen-bond donors (Lipinski definition) is 1. The van der Waals surface area contributed by atoms with Crippen LogP contribution in [0.1, 0.15) is 45.1 Å². The van der Waals surface area contributed by atoms with Crippen molar-refractivity contribution in [1.29, 1.82) is 0 Å². The van der Waals surface area contributed by atoms with E-state index in [1.54, 1.807) is 12.1 Å². The lowest BCUT2D eigenvalue weighted by Gasteiger charge is -2.08. The van der Waals surface area contributed by atoms with Crippen LogP contribution in [0.4, 0.5) is 10.5 Å². The van der Waals surface area contributed by atoms with Crippen LogP contribution >= 0.6 is 0 Å². The van der Waals surface area contributed by atoms with E-state index in [1.807, 2.05) is 43.3 Å². The van der Waals surface area contributed by atoms with Crippen molar-refractivity contribution in [2.45, 2.75) is 46.0 Å². The van der Waals surface area contributed by atoms with Gasteiger partial charge < -0.3 is 9.47 Å². The molecule has 2 rings (SSSR count). The van der Waals surface area contributed by atoms with E-state index in [0.29, 0.717) is 18.0 Å². The summed E-state index contributed by atoms with van der Waals surface area (Å²) in [6.45, 7) is 4.76. The summed E-state index contributed by atoms with van der Waals surface area (Å²) < 4.78 is 10.7. The van der Waals surface area contributed by atoms with Crippen molar-refractivity contribution in [3.8, 4) is 11.5 Å². The van der Waals surface area contributed by atoms with Gasteiger partial charge >= 0.3 is 6.09 Å². The monoisotopic (exact) mass is 341 g/mol. The Morgan fingerprint density at radius 3 is 2.20 bits per heavy atom. The highest BCUT2D eigenvalue weighted by Crippen LogP contribution is 2.18. The second-order valence-electron chi connectivity index (χ2n) is 5.93. The summed E-state index contributed by atoms with van der Waals surface area (Å²) in [5, 5.41) is 2.71. The highest BCUT2D eigenvalue weighted by atomic mass is 16.6. The summed E-state index contributed by atoms with van der Waals surface area (Å²) in [6, 6.07) is 14.9. The molecule has 0 radical (unpaired) electrons. The molecule has 1 amide bonds. The Morgan fingerprint density at radius 1 is 0.880 bits per heavy atom. The van der Waals surface area contributed by atoms with Crippen LogP contribution in [-0.4, -0.2) is 12.7 Å². The standard InChI is InChI=1S/C21H27NO3/c1-3-5-6-7-8-17-9-13-20(14-10-17)25-21(23)22-18-11-15-19(16-12-18)24-4-2/h9-16H,3-8H2,1-2H3,(H,22,23). The maximum Gasteiger partial charge on any atom is 0.417 e. The molecule has 0 saturated carbocycles. The number of rotatable bonds is 9. The number of hydrogen-bond acceptors (Lipinski definition) is 3. The van der Waals surface area contributed by atoms with Crippen LogP contribution < -0.4 is 14.8 Å². The molecular formula is C21H27NO3. The van der Waals surface area contributed by atoms with E-state index >= 15 is 0 Å². The first-order chi connectivity index (χ1) is 12.2. The van der Waals surface area contributed by atoms with Gasteiger partial charge in [-0.2, -0.15) is 0 Å². The predicted octanol–water partition coefficient (Wildman–Crippen LogP) is 5.82. The molecule has 0 atom stereocenters. The fourth-order valence-corrected chi connectivity index (χ4v) is 2.53. The van der Waals surface area contributed by atoms with E-state index in [0.717, 1.165) is 12.2 Å². The molecule has 4 heteroatoms. The van der Waals surface area contributed by atoms with Gasteiger partial charge in [0.2, 0.25) is 0 Å². The minimum atomic E-state index is -0.500. The van der Waals surface area contributed by atoms with Crippen molar-refractivity contribution >= 4 is 11.8 Å². The molecule has 1 N–H and O–H groups in total. The SMILES string of the molecule is CCCCCCc1ccc(OC(=O)Nc2ccc(OCC)cc2)cc1. The number of unbranched alkanes of at least 4 members (excludes halogenated alkanes) is 3. The zero-order chi connectivity index (χ0) is 17.9. The Hall–Kier alpha value is -2.49. The molecule has 0 aliphatic rings. The van der Waals surface area contributed by atoms with Crippen LogP contribution in [0, 0.1) is 0 Å². The van der Waals surface area contributed by atoms with Gasteiger partial charge in [0.1, 0.15) is 11.5 Å². The van der Waals surface area contributed by atoms with E-state index in [2.05, 4.69) is 12.2 Å². The largest absolute Gasteiger partial charge is 0.494 e. The summed E-state index contributed by atoms with van der Waals surface area (Å²) in [6.07, 6.45) is 5.56. The molecule has 0 spiro atoms. The first kappa shape index (κ1) is 18.8. The zero-order valence-electron chi connectivity index (χ0n) is 15.1. The molecule has 0 aromatic heterocycles. The Bertz CT molecular complexity index is 635. The minimum absolute atomic E-state index is 0.500. The average molecular weight is 341 g/mol. The molecule has 0 heterocycles. The van der Waals surface area contributed by atoms with Crippen LogP contribution in [0.5, 0.6) is 11.5 Å². The van der Waals surface area contributed by atoms with Crippen LogP contribution in [0.3, 0.4) is 0 Å². The van der Waals surface area contributed by atoms with E-state index in [9.17, 15) is 4.79 Å². The third kappa shape index (κ3) is 6.87. The Morgan fingerprint density at radius 2 is 1.56 bits per heavy atom. The van der Waals surface area contributed by atoms with Gasteiger partial charge in [0, 0.05) is 5.69 Å². The lowest BCUT2D eigenvalue weighted by Crippen LogP contribution is -2.16. The molecule has 0 unspecified atom stereocenters. The van der Waals surface area contributed by atoms with Crippen molar-refractivity contribution in [1.82, 2.24) is 0 Å². The summed E-state index contributed by atoms with van der Waals surface area (Å²) in [5.41, 5.74) is 1.94. The molecule has 2 aromatic carbocycles. The second-order valence-corrected chi connectivity index (χ2v) is 5.93. The number of benzene rings is 2. The topological polar surface area (TPSA) is 47.6 Å². The number of ether oxygens (including phenoxy) is 2. The lowest BCUT2D eigenvalue weighted by molar-refractivity contribution is 0.215. The van der Waals surface area contributed by atoms with E-state index in [4.69, 9.17) is 9.47 Å². The maximum absolute atomic E-state index is 12.0. The number of nitrogens with one attached hydrogen (secondary N) is 1. The summed E-state index contributed by atoms with van der Waals surface area (Å²) in [7, 11) is 0. The third-order valence-electron chi connectivity index (χ3n) is 3.86. The number of carbonyl (C=O) groups excluding carboxylic acids is 1. The summed E-state index contributed by atoms with van der Waals surface area (Å²) >= 11 is 0. The molecule has 0 fully saturated rings. The average Bonchev–Trinajstić information content (AvgIpc) is 2.62. The van der Waals surface area contributed by atoms with Crippen molar-refractivity contribution in [3.05, 3.63) is 54.1 Å². The fraction of sp³-hybridized carbons (Fsp3) is 0.381. The van der Waals surface area contributed by atoms with Crippen LogP contribution in [0.15, 0.2) is 48.5 Å². The van der Waals surface area contributed by atoms with Crippen molar-refractivity contribution in [3.63, 3.8) is 0 Å². The molecular weight excluding hydrogens is 314 g/mol. The molecule has 25 heavy (non-hydrogen) atoms. The fourth-order valence-electron chi connectivity index (χ4n) is 2.53. The number of amides is 1. The van der Waals surface area contributed by atoms with E-state index in [-0.39, 0.29) is 0 Å². The second kappa shape index (κ2) is 10.4. The minimum Gasteiger partial charge on any atom is -0.494 e. The molecule has 0 aliphatic heterocycles. The Balaban J connectivity index is 1.79. The quantitative estimate of drug-likeness (QED) is 0.585. The molecule has 0 saturated heterocycles. The molecule has 0 bridgehead atoms. The summed E-state index contributed by atoms with van der Waals surface area (Å²) in [4.78, 5) is 12.0. The number of anilines is 1. The molecule has 4 nitrogen and oxygen atoms in total. The van der Waals surface area contributed by atoms with Gasteiger partial charge in [-0.1, -0.05) is 38.3 Å². The van der Waals surface area contributed by atoms with Crippen LogP contribution in [0.25, 0.3) is 0 Å². The Labute approximate surface area is 150 Å². The first-order valence-corrected chi connectivity index (χ1v) is 9.02. The third-order valence-corrected chi connectivity index (χ3v) is 3.86. The number of carbonyl (C=O) groups is 1. The predicted molar refractivity (Wildman–Crippen MR) is 102 cm³/mol. The molecule has 134 valence electrons. The zero-order valence-corrected chi connectivity index (χ0v) is 15.1. The smallest absolute Gasteiger partial charge is 0.417 e. The van der Waals surface area contributed by atoms with Crippen molar-refractivity contribution in [2.24, 2.45) is 0 Å². The Kier molecular flexibility index (Phi) is 7.83. The normalized spacial score (nSPS) is 10.3. The van der Waals surface area contributed by atoms with Gasteiger partial charge in [0.05, 0.1) is 6.61 Å².